The van der Waals surface area contributed by atoms with Crippen LogP contribution < -0.4 is 5.56 Å². The number of aromatic nitrogens is 1. The highest BCUT2D eigenvalue weighted by atomic mass is 35.5. The Morgan fingerprint density at radius 2 is 1.95 bits per heavy atom. The zero-order valence-corrected chi connectivity index (χ0v) is 11.1. The molecule has 0 fully saturated rings. The molecule has 0 aliphatic heterocycles. The summed E-state index contributed by atoms with van der Waals surface area (Å²) in [6.45, 7) is 1.52. The first-order valence-corrected chi connectivity index (χ1v) is 5.94. The smallest absolute Gasteiger partial charge is 0.278 e. The molecule has 0 spiro atoms. The van der Waals surface area contributed by atoms with Gasteiger partial charge in [-0.25, -0.2) is 0 Å². The van der Waals surface area contributed by atoms with Gasteiger partial charge in [0.1, 0.15) is 11.6 Å². The number of hydrogen-bond acceptors (Lipinski definition) is 5. The fourth-order valence-electron chi connectivity index (χ4n) is 1.57. The SMILES string of the molecule is Cc1c(C#N)c(O)[nH]c(=O)c1N=Nc1ccc(Cl)cc1. The predicted molar refractivity (Wildman–Crippen MR) is 73.8 cm³/mol. The first-order valence-electron chi connectivity index (χ1n) is 5.56. The summed E-state index contributed by atoms with van der Waals surface area (Å²) in [5, 5.41) is 26.7. The maximum absolute atomic E-state index is 11.7. The van der Waals surface area contributed by atoms with Crippen LogP contribution in [0.1, 0.15) is 11.1 Å². The Bertz CT molecular complexity index is 773. The van der Waals surface area contributed by atoms with Crippen LogP contribution >= 0.6 is 11.6 Å². The molecule has 0 amide bonds. The van der Waals surface area contributed by atoms with E-state index in [0.29, 0.717) is 10.7 Å². The van der Waals surface area contributed by atoms with E-state index in [-0.39, 0.29) is 16.8 Å². The van der Waals surface area contributed by atoms with Crippen LogP contribution in [-0.4, -0.2) is 10.1 Å². The van der Waals surface area contributed by atoms with Gasteiger partial charge in [0.2, 0.25) is 5.88 Å². The molecule has 6 nitrogen and oxygen atoms in total. The maximum Gasteiger partial charge on any atom is 0.278 e. The molecule has 2 rings (SSSR count). The van der Waals surface area contributed by atoms with Crippen molar-refractivity contribution in [3.63, 3.8) is 0 Å². The fraction of sp³-hybridized carbons (Fsp3) is 0.0769. The summed E-state index contributed by atoms with van der Waals surface area (Å²) in [5.74, 6) is -0.472. The van der Waals surface area contributed by atoms with Crippen molar-refractivity contribution in [2.24, 2.45) is 10.2 Å². The summed E-state index contributed by atoms with van der Waals surface area (Å²) >= 11 is 5.75. The topological polar surface area (TPSA) is 102 Å². The Morgan fingerprint density at radius 1 is 1.30 bits per heavy atom. The number of aromatic hydroxyl groups is 1. The van der Waals surface area contributed by atoms with Gasteiger partial charge in [0.25, 0.3) is 5.56 Å². The van der Waals surface area contributed by atoms with Crippen LogP contribution in [0.25, 0.3) is 0 Å². The largest absolute Gasteiger partial charge is 0.494 e. The molecule has 7 heteroatoms. The van der Waals surface area contributed by atoms with Gasteiger partial charge in [-0.2, -0.15) is 10.4 Å². The van der Waals surface area contributed by atoms with Crippen molar-refractivity contribution >= 4 is 23.0 Å². The van der Waals surface area contributed by atoms with Gasteiger partial charge in [-0.05, 0) is 31.2 Å². The molecule has 1 aromatic heterocycles. The zero-order valence-electron chi connectivity index (χ0n) is 10.4. The Balaban J connectivity index is 2.47. The summed E-state index contributed by atoms with van der Waals surface area (Å²) < 4.78 is 0. The van der Waals surface area contributed by atoms with Gasteiger partial charge in [-0.1, -0.05) is 11.6 Å². The number of nitrogens with zero attached hydrogens (tertiary/aromatic N) is 3. The minimum Gasteiger partial charge on any atom is -0.494 e. The number of H-pyrrole nitrogens is 1. The lowest BCUT2D eigenvalue weighted by molar-refractivity contribution is 0.449. The molecule has 0 aliphatic rings. The molecule has 0 unspecified atom stereocenters. The Hall–Kier alpha value is -2.65. The van der Waals surface area contributed by atoms with Gasteiger partial charge in [0.05, 0.1) is 5.69 Å². The number of nitriles is 1. The van der Waals surface area contributed by atoms with E-state index >= 15 is 0 Å². The Morgan fingerprint density at radius 3 is 2.55 bits per heavy atom. The fourth-order valence-corrected chi connectivity index (χ4v) is 1.69. The number of pyridine rings is 1. The third-order valence-corrected chi connectivity index (χ3v) is 2.87. The summed E-state index contributed by atoms with van der Waals surface area (Å²) in [5.41, 5.74) is 0.118. The van der Waals surface area contributed by atoms with Gasteiger partial charge in [-0.15, -0.1) is 5.11 Å². The quantitative estimate of drug-likeness (QED) is 0.828. The zero-order chi connectivity index (χ0) is 14.7. The molecule has 20 heavy (non-hydrogen) atoms. The number of hydrogen-bond donors (Lipinski definition) is 2. The molecule has 2 N–H and O–H groups in total. The first kappa shape index (κ1) is 13.8. The number of rotatable bonds is 2. The number of halogens is 1. The first-order chi connectivity index (χ1) is 9.52. The van der Waals surface area contributed by atoms with Crippen molar-refractivity contribution in [2.45, 2.75) is 6.92 Å². The third-order valence-electron chi connectivity index (χ3n) is 2.62. The molecule has 0 saturated carbocycles. The normalized spacial score (nSPS) is 10.7. The van der Waals surface area contributed by atoms with Gasteiger partial charge < -0.3 is 5.11 Å². The summed E-state index contributed by atoms with van der Waals surface area (Å²) in [6, 6.07) is 8.36. The standard InChI is InChI=1S/C13H9ClN4O2/c1-7-10(6-15)12(19)16-13(20)11(7)18-17-9-4-2-8(14)3-5-9/h2-5H,1H3,(H2,16,19,20). The van der Waals surface area contributed by atoms with Crippen LogP contribution in [0.15, 0.2) is 39.3 Å². The molecule has 1 aromatic carbocycles. The minimum absolute atomic E-state index is 0.0192. The molecule has 2 aromatic rings. The van der Waals surface area contributed by atoms with E-state index < -0.39 is 11.4 Å². The van der Waals surface area contributed by atoms with Crippen LogP contribution in [0, 0.1) is 18.3 Å². The second-order valence-corrected chi connectivity index (χ2v) is 4.38. The van der Waals surface area contributed by atoms with E-state index in [0.717, 1.165) is 0 Å². The molecule has 0 saturated heterocycles. The van der Waals surface area contributed by atoms with E-state index in [2.05, 4.69) is 15.2 Å². The molecule has 0 atom stereocenters. The van der Waals surface area contributed by atoms with Crippen molar-refractivity contribution in [1.29, 1.82) is 5.26 Å². The molecule has 0 radical (unpaired) electrons. The second-order valence-electron chi connectivity index (χ2n) is 3.94. The van der Waals surface area contributed by atoms with Gasteiger partial charge >= 0.3 is 0 Å². The van der Waals surface area contributed by atoms with Crippen LogP contribution in [0.4, 0.5) is 11.4 Å². The van der Waals surface area contributed by atoms with Crippen molar-refractivity contribution < 1.29 is 5.11 Å². The van der Waals surface area contributed by atoms with Crippen molar-refractivity contribution in [1.82, 2.24) is 4.98 Å². The van der Waals surface area contributed by atoms with Crippen molar-refractivity contribution in [3.8, 4) is 11.9 Å². The Labute approximate surface area is 119 Å². The molecule has 0 bridgehead atoms. The van der Waals surface area contributed by atoms with E-state index in [1.807, 2.05) is 0 Å². The Kier molecular flexibility index (Phi) is 3.82. The second kappa shape index (κ2) is 5.55. The summed E-state index contributed by atoms with van der Waals surface area (Å²) in [4.78, 5) is 13.9. The lowest BCUT2D eigenvalue weighted by Gasteiger charge is -2.02. The van der Waals surface area contributed by atoms with Crippen LogP contribution in [0.3, 0.4) is 0 Å². The van der Waals surface area contributed by atoms with Gasteiger partial charge in [0, 0.05) is 10.6 Å². The van der Waals surface area contributed by atoms with E-state index in [4.69, 9.17) is 16.9 Å². The number of azo groups is 1. The third kappa shape index (κ3) is 2.68. The highest BCUT2D eigenvalue weighted by Crippen LogP contribution is 2.24. The summed E-state index contributed by atoms with van der Waals surface area (Å²) in [6.07, 6.45) is 0. The van der Waals surface area contributed by atoms with E-state index in [1.165, 1.54) is 6.92 Å². The number of benzene rings is 1. The average molecular weight is 289 g/mol. The van der Waals surface area contributed by atoms with Gasteiger partial charge in [-0.3, -0.25) is 9.78 Å². The highest BCUT2D eigenvalue weighted by Gasteiger charge is 2.13. The lowest BCUT2D eigenvalue weighted by Crippen LogP contribution is -2.08. The minimum atomic E-state index is -0.614. The molecule has 1 heterocycles. The maximum atomic E-state index is 11.7. The lowest BCUT2D eigenvalue weighted by atomic mass is 10.1. The molecular formula is C13H9ClN4O2. The monoisotopic (exact) mass is 288 g/mol. The van der Waals surface area contributed by atoms with Gasteiger partial charge in [0.15, 0.2) is 5.69 Å². The van der Waals surface area contributed by atoms with E-state index in [9.17, 15) is 9.90 Å². The number of nitrogens with one attached hydrogen (secondary N) is 1. The molecular weight excluding hydrogens is 280 g/mol. The predicted octanol–water partition coefficient (Wildman–Crippen LogP) is 3.33. The van der Waals surface area contributed by atoms with Crippen LogP contribution in [0.5, 0.6) is 5.88 Å². The number of aromatic amines is 1. The highest BCUT2D eigenvalue weighted by molar-refractivity contribution is 6.30. The van der Waals surface area contributed by atoms with Crippen LogP contribution in [-0.2, 0) is 0 Å². The van der Waals surface area contributed by atoms with Crippen LogP contribution in [0.2, 0.25) is 5.02 Å². The summed E-state index contributed by atoms with van der Waals surface area (Å²) in [7, 11) is 0. The molecule has 0 aliphatic carbocycles. The average Bonchev–Trinajstić information content (AvgIpc) is 2.40. The van der Waals surface area contributed by atoms with Crippen molar-refractivity contribution in [3.05, 3.63) is 50.8 Å². The van der Waals surface area contributed by atoms with E-state index in [1.54, 1.807) is 30.3 Å². The van der Waals surface area contributed by atoms with Crippen molar-refractivity contribution in [2.75, 3.05) is 0 Å². The molecule has 100 valence electrons.